The van der Waals surface area contributed by atoms with Crippen LogP contribution >= 0.6 is 0 Å². The van der Waals surface area contributed by atoms with Gasteiger partial charge in [0, 0.05) is 31.9 Å². The Bertz CT molecular complexity index is 773. The molecule has 0 bridgehead atoms. The monoisotopic (exact) mass is 343 g/mol. The number of carbonyl (C=O) groups excluding carboxylic acids is 3. The molecule has 0 spiro atoms. The summed E-state index contributed by atoms with van der Waals surface area (Å²) in [4.78, 5) is 36.4. The van der Waals surface area contributed by atoms with E-state index in [9.17, 15) is 18.8 Å². The number of hydrogen-bond acceptors (Lipinski definition) is 3. The van der Waals surface area contributed by atoms with Gasteiger partial charge in [0.1, 0.15) is 5.82 Å². The fraction of sp³-hybridized carbons (Fsp3) is 0.167. The van der Waals surface area contributed by atoms with Crippen LogP contribution in [0.25, 0.3) is 0 Å². The second-order valence-corrected chi connectivity index (χ2v) is 5.39. The van der Waals surface area contributed by atoms with E-state index in [1.54, 1.807) is 31.3 Å². The zero-order valence-corrected chi connectivity index (χ0v) is 13.9. The number of nitrogens with zero attached hydrogens (tertiary/aromatic N) is 1. The highest BCUT2D eigenvalue weighted by atomic mass is 19.1. The molecule has 2 rings (SSSR count). The van der Waals surface area contributed by atoms with Gasteiger partial charge in [0.15, 0.2) is 0 Å². The molecule has 0 heterocycles. The number of carbonyl (C=O) groups is 3. The average molecular weight is 343 g/mol. The molecule has 0 unspecified atom stereocenters. The topological polar surface area (TPSA) is 78.5 Å². The second-order valence-electron chi connectivity index (χ2n) is 5.39. The standard InChI is InChI=1S/C18H18FN3O3/c1-12(23)22(2)16-9-7-15(8-10-16)21-18(25)17(24)20-11-13-3-5-14(19)6-4-13/h3-10H,11H2,1-2H3,(H,20,24)(H,21,25). The van der Waals surface area contributed by atoms with Crippen molar-refractivity contribution in [1.82, 2.24) is 5.32 Å². The van der Waals surface area contributed by atoms with Crippen LogP contribution < -0.4 is 15.5 Å². The van der Waals surface area contributed by atoms with Crippen molar-refractivity contribution < 1.29 is 18.8 Å². The lowest BCUT2D eigenvalue weighted by atomic mass is 10.2. The largest absolute Gasteiger partial charge is 0.344 e. The number of rotatable bonds is 4. The van der Waals surface area contributed by atoms with Crippen LogP contribution in [0.5, 0.6) is 0 Å². The average Bonchev–Trinajstić information content (AvgIpc) is 2.60. The van der Waals surface area contributed by atoms with E-state index in [0.29, 0.717) is 16.9 Å². The Balaban J connectivity index is 1.89. The summed E-state index contributed by atoms with van der Waals surface area (Å²) in [6.07, 6.45) is 0. The van der Waals surface area contributed by atoms with Gasteiger partial charge in [-0.05, 0) is 42.0 Å². The predicted octanol–water partition coefficient (Wildman–Crippen LogP) is 2.06. The number of halogens is 1. The number of benzene rings is 2. The molecule has 6 nitrogen and oxygen atoms in total. The molecule has 7 heteroatoms. The molecule has 25 heavy (non-hydrogen) atoms. The van der Waals surface area contributed by atoms with Gasteiger partial charge in [0.05, 0.1) is 0 Å². The molecule has 0 aliphatic carbocycles. The van der Waals surface area contributed by atoms with Crippen LogP contribution in [0.1, 0.15) is 12.5 Å². The number of nitrogens with one attached hydrogen (secondary N) is 2. The van der Waals surface area contributed by atoms with E-state index in [1.165, 1.54) is 36.1 Å². The lowest BCUT2D eigenvalue weighted by Gasteiger charge is -2.15. The highest BCUT2D eigenvalue weighted by Gasteiger charge is 2.13. The summed E-state index contributed by atoms with van der Waals surface area (Å²) in [6, 6.07) is 12.1. The lowest BCUT2D eigenvalue weighted by molar-refractivity contribution is -0.136. The van der Waals surface area contributed by atoms with Crippen LogP contribution in [-0.4, -0.2) is 24.8 Å². The Morgan fingerprint density at radius 3 is 2.12 bits per heavy atom. The molecule has 130 valence electrons. The van der Waals surface area contributed by atoms with Crippen molar-refractivity contribution in [3.05, 3.63) is 59.9 Å². The molecule has 0 aromatic heterocycles. The smallest absolute Gasteiger partial charge is 0.313 e. The van der Waals surface area contributed by atoms with Gasteiger partial charge in [-0.15, -0.1) is 0 Å². The van der Waals surface area contributed by atoms with E-state index in [-0.39, 0.29) is 18.3 Å². The van der Waals surface area contributed by atoms with E-state index in [1.807, 2.05) is 0 Å². The maximum Gasteiger partial charge on any atom is 0.313 e. The normalized spacial score (nSPS) is 10.0. The molecule has 0 atom stereocenters. The minimum absolute atomic E-state index is 0.114. The van der Waals surface area contributed by atoms with E-state index in [2.05, 4.69) is 10.6 Å². The molecule has 3 amide bonds. The first-order valence-electron chi connectivity index (χ1n) is 7.55. The van der Waals surface area contributed by atoms with E-state index in [0.717, 1.165) is 0 Å². The van der Waals surface area contributed by atoms with Gasteiger partial charge in [0.25, 0.3) is 0 Å². The highest BCUT2D eigenvalue weighted by molar-refractivity contribution is 6.39. The third-order valence-electron chi connectivity index (χ3n) is 3.56. The van der Waals surface area contributed by atoms with E-state index < -0.39 is 11.8 Å². The summed E-state index contributed by atoms with van der Waals surface area (Å²) >= 11 is 0. The van der Waals surface area contributed by atoms with Crippen molar-refractivity contribution in [1.29, 1.82) is 0 Å². The fourth-order valence-corrected chi connectivity index (χ4v) is 2.00. The predicted molar refractivity (Wildman–Crippen MR) is 92.4 cm³/mol. The molecule has 2 N–H and O–H groups in total. The molecule has 2 aromatic carbocycles. The number of hydrogen-bond donors (Lipinski definition) is 2. The van der Waals surface area contributed by atoms with Gasteiger partial charge in [-0.3, -0.25) is 14.4 Å². The number of amides is 3. The van der Waals surface area contributed by atoms with E-state index >= 15 is 0 Å². The minimum Gasteiger partial charge on any atom is -0.344 e. The summed E-state index contributed by atoms with van der Waals surface area (Å²) in [5.74, 6) is -2.09. The summed E-state index contributed by atoms with van der Waals surface area (Å²) in [7, 11) is 1.64. The first-order valence-corrected chi connectivity index (χ1v) is 7.55. The van der Waals surface area contributed by atoms with Crippen molar-refractivity contribution in [2.45, 2.75) is 13.5 Å². The first kappa shape index (κ1) is 18.1. The zero-order chi connectivity index (χ0) is 18.4. The van der Waals surface area contributed by atoms with Crippen molar-refractivity contribution in [3.8, 4) is 0 Å². The fourth-order valence-electron chi connectivity index (χ4n) is 2.00. The molecular weight excluding hydrogens is 325 g/mol. The Morgan fingerprint density at radius 1 is 0.960 bits per heavy atom. The van der Waals surface area contributed by atoms with Gasteiger partial charge < -0.3 is 15.5 Å². The summed E-state index contributed by atoms with van der Waals surface area (Å²) in [5.41, 5.74) is 1.79. The van der Waals surface area contributed by atoms with Crippen molar-refractivity contribution in [2.75, 3.05) is 17.3 Å². The van der Waals surface area contributed by atoms with Crippen LogP contribution in [0.3, 0.4) is 0 Å². The Morgan fingerprint density at radius 2 is 1.56 bits per heavy atom. The van der Waals surface area contributed by atoms with Crippen molar-refractivity contribution in [2.24, 2.45) is 0 Å². The zero-order valence-electron chi connectivity index (χ0n) is 13.9. The van der Waals surface area contributed by atoms with Crippen LogP contribution in [0.4, 0.5) is 15.8 Å². The molecule has 0 aliphatic rings. The molecule has 0 aliphatic heterocycles. The summed E-state index contributed by atoms with van der Waals surface area (Å²) < 4.78 is 12.8. The maximum atomic E-state index is 12.8. The van der Waals surface area contributed by atoms with Crippen LogP contribution in [-0.2, 0) is 20.9 Å². The maximum absolute atomic E-state index is 12.8. The lowest BCUT2D eigenvalue weighted by Crippen LogP contribution is -2.34. The molecule has 0 radical (unpaired) electrons. The second kappa shape index (κ2) is 8.05. The Kier molecular flexibility index (Phi) is 5.84. The highest BCUT2D eigenvalue weighted by Crippen LogP contribution is 2.16. The minimum atomic E-state index is -0.810. The van der Waals surface area contributed by atoms with Crippen LogP contribution in [0.15, 0.2) is 48.5 Å². The summed E-state index contributed by atoms with van der Waals surface area (Å²) in [5, 5.41) is 4.92. The van der Waals surface area contributed by atoms with Gasteiger partial charge in [0.2, 0.25) is 5.91 Å². The first-order chi connectivity index (χ1) is 11.9. The van der Waals surface area contributed by atoms with Crippen molar-refractivity contribution in [3.63, 3.8) is 0 Å². The molecular formula is C18H18FN3O3. The molecule has 0 saturated carbocycles. The molecule has 0 saturated heterocycles. The van der Waals surface area contributed by atoms with Gasteiger partial charge >= 0.3 is 11.8 Å². The Labute approximate surface area is 144 Å². The summed E-state index contributed by atoms with van der Waals surface area (Å²) in [6.45, 7) is 1.57. The van der Waals surface area contributed by atoms with Crippen LogP contribution in [0, 0.1) is 5.82 Å². The third kappa shape index (κ3) is 5.13. The SMILES string of the molecule is CC(=O)N(C)c1ccc(NC(=O)C(=O)NCc2ccc(F)cc2)cc1. The molecule has 0 fully saturated rings. The molecule has 2 aromatic rings. The van der Waals surface area contributed by atoms with Gasteiger partial charge in [-0.25, -0.2) is 4.39 Å². The van der Waals surface area contributed by atoms with E-state index in [4.69, 9.17) is 0 Å². The van der Waals surface area contributed by atoms with Gasteiger partial charge in [-0.2, -0.15) is 0 Å². The Hall–Kier alpha value is -3.22. The quantitative estimate of drug-likeness (QED) is 0.834. The van der Waals surface area contributed by atoms with Crippen molar-refractivity contribution >= 4 is 29.1 Å². The van der Waals surface area contributed by atoms with Crippen LogP contribution in [0.2, 0.25) is 0 Å². The number of anilines is 2. The third-order valence-corrected chi connectivity index (χ3v) is 3.56. The van der Waals surface area contributed by atoms with Gasteiger partial charge in [-0.1, -0.05) is 12.1 Å².